The first-order valence-electron chi connectivity index (χ1n) is 20.9. The maximum absolute atomic E-state index is 14.3. The van der Waals surface area contributed by atoms with Crippen LogP contribution in [0.5, 0.6) is 0 Å². The van der Waals surface area contributed by atoms with Crippen molar-refractivity contribution in [2.24, 2.45) is 23.7 Å². The Kier molecular flexibility index (Phi) is 13.9. The highest BCUT2D eigenvalue weighted by molar-refractivity contribution is 5.78. The van der Waals surface area contributed by atoms with Crippen LogP contribution in [0.4, 0.5) is 0 Å². The van der Waals surface area contributed by atoms with Gasteiger partial charge >= 0.3 is 5.97 Å². The van der Waals surface area contributed by atoms with Gasteiger partial charge in [-0.05, 0) is 69.6 Å². The number of fused-ring (bicyclic) bond motifs is 3. The van der Waals surface area contributed by atoms with Crippen molar-refractivity contribution >= 4 is 5.97 Å². The van der Waals surface area contributed by atoms with Crippen molar-refractivity contribution in [1.82, 2.24) is 0 Å². The van der Waals surface area contributed by atoms with Gasteiger partial charge < -0.3 is 48.5 Å². The fourth-order valence-electron chi connectivity index (χ4n) is 10.1. The molecule has 11 nitrogen and oxygen atoms in total. The molecule has 15 unspecified atom stereocenters. The molecule has 4 aliphatic heterocycles. The molecule has 4 fully saturated rings. The Balaban J connectivity index is 1.37. The topological polar surface area (TPSA) is 142 Å². The van der Waals surface area contributed by atoms with Crippen LogP contribution in [0.2, 0.25) is 0 Å². The normalized spacial score (nSPS) is 45.3. The van der Waals surface area contributed by atoms with Crippen molar-refractivity contribution < 1.29 is 53.3 Å². The molecule has 0 aromatic heterocycles. The number of esters is 1. The first kappa shape index (κ1) is 42.7. The minimum absolute atomic E-state index is 0.0452. The molecule has 15 atom stereocenters. The van der Waals surface area contributed by atoms with E-state index < -0.39 is 66.2 Å². The van der Waals surface area contributed by atoms with Crippen LogP contribution in [0.25, 0.3) is 0 Å². The summed E-state index contributed by atoms with van der Waals surface area (Å²) in [5.74, 6) is -2.42. The van der Waals surface area contributed by atoms with Crippen LogP contribution in [0.15, 0.2) is 47.1 Å². The molecule has 11 heteroatoms. The fourth-order valence-corrected chi connectivity index (χ4v) is 10.1. The standard InChI is InChI=1S/C44H68O11/c1-25-13-12-14-28(4)44(48)24-37(50-8)27(3)19-34(44)42(47)52-33-20-32(18-17-26(2)40(25)53-38-21-36(49-7)39(46)30(6)51-38)54-43(22-33)23-35(45)29(5)41(55-43)31-15-10-9-11-16-31/h12-14,17,19,25,29-41,45-46,48H,9-11,15-16,18,20-24H2,1-8H3. The summed E-state index contributed by atoms with van der Waals surface area (Å²) < 4.78 is 44.6. The fraction of sp³-hybridized carbons (Fsp3) is 0.795. The van der Waals surface area contributed by atoms with Gasteiger partial charge in [-0.15, -0.1) is 0 Å². The molecule has 310 valence electrons. The van der Waals surface area contributed by atoms with Crippen molar-refractivity contribution in [2.75, 3.05) is 14.2 Å². The second-order valence-corrected chi connectivity index (χ2v) is 17.6. The number of hydrogen-bond donors (Lipinski definition) is 3. The number of aliphatic hydroxyl groups is 3. The van der Waals surface area contributed by atoms with E-state index in [1.54, 1.807) is 20.3 Å². The highest BCUT2D eigenvalue weighted by atomic mass is 16.7. The van der Waals surface area contributed by atoms with Crippen LogP contribution >= 0.6 is 0 Å². The Morgan fingerprint density at radius 2 is 1.64 bits per heavy atom. The van der Waals surface area contributed by atoms with Crippen LogP contribution in [-0.2, 0) is 38.0 Å². The quantitative estimate of drug-likeness (QED) is 0.216. The molecule has 1 spiro atoms. The third-order valence-electron chi connectivity index (χ3n) is 13.7. The third kappa shape index (κ3) is 9.36. The summed E-state index contributed by atoms with van der Waals surface area (Å²) in [5, 5.41) is 34.7. The zero-order valence-corrected chi connectivity index (χ0v) is 34.4. The molecule has 0 aromatic rings. The van der Waals surface area contributed by atoms with Crippen molar-refractivity contribution in [3.63, 3.8) is 0 Å². The maximum Gasteiger partial charge on any atom is 0.316 e. The zero-order chi connectivity index (χ0) is 39.7. The first-order valence-corrected chi connectivity index (χ1v) is 20.9. The summed E-state index contributed by atoms with van der Waals surface area (Å²) in [5.41, 5.74) is 0.905. The first-order chi connectivity index (χ1) is 26.2. The van der Waals surface area contributed by atoms with E-state index in [4.69, 9.17) is 33.2 Å². The lowest BCUT2D eigenvalue weighted by Crippen LogP contribution is -2.59. The van der Waals surface area contributed by atoms with Gasteiger partial charge in [0.15, 0.2) is 12.1 Å². The Morgan fingerprint density at radius 3 is 2.35 bits per heavy atom. The minimum Gasteiger partial charge on any atom is -0.462 e. The highest BCUT2D eigenvalue weighted by Gasteiger charge is 2.54. The van der Waals surface area contributed by atoms with Gasteiger partial charge in [0.2, 0.25) is 0 Å². The van der Waals surface area contributed by atoms with Crippen molar-refractivity contribution in [1.29, 1.82) is 0 Å². The lowest BCUT2D eigenvalue weighted by atomic mass is 9.71. The van der Waals surface area contributed by atoms with Gasteiger partial charge in [0.05, 0.1) is 42.7 Å². The number of hydrogen-bond acceptors (Lipinski definition) is 11. The smallest absolute Gasteiger partial charge is 0.316 e. The highest BCUT2D eigenvalue weighted by Crippen LogP contribution is 2.47. The SMILES string of the molecule is COC1CC2(O)C(C)=CC=CC(C)C(OC3CC(OC)C(O)C(C)O3)C(C)=CCC3CC(CC4(CC(O)C(C)C(C5CCCCC5)O4)O3)OC(=O)C2C=C1C. The predicted octanol–water partition coefficient (Wildman–Crippen LogP) is 6.24. The number of rotatable bonds is 5. The maximum atomic E-state index is 14.3. The summed E-state index contributed by atoms with van der Waals surface area (Å²) >= 11 is 0. The van der Waals surface area contributed by atoms with Gasteiger partial charge in [-0.3, -0.25) is 4.79 Å². The molecular formula is C44H68O11. The van der Waals surface area contributed by atoms with Crippen molar-refractivity contribution in [3.8, 4) is 0 Å². The van der Waals surface area contributed by atoms with E-state index in [1.165, 1.54) is 6.42 Å². The molecule has 0 radical (unpaired) electrons. The summed E-state index contributed by atoms with van der Waals surface area (Å²) in [6.45, 7) is 11.8. The Bertz CT molecular complexity index is 1450. The van der Waals surface area contributed by atoms with Crippen LogP contribution in [0.1, 0.15) is 112 Å². The molecular weight excluding hydrogens is 704 g/mol. The largest absolute Gasteiger partial charge is 0.462 e. The summed E-state index contributed by atoms with van der Waals surface area (Å²) in [4.78, 5) is 14.3. The van der Waals surface area contributed by atoms with Gasteiger partial charge in [-0.25, -0.2) is 0 Å². The molecule has 3 N–H and O–H groups in total. The average molecular weight is 773 g/mol. The van der Waals surface area contributed by atoms with E-state index in [0.29, 0.717) is 37.2 Å². The zero-order valence-electron chi connectivity index (χ0n) is 34.4. The van der Waals surface area contributed by atoms with Gasteiger partial charge in [0.1, 0.15) is 23.7 Å². The van der Waals surface area contributed by atoms with Gasteiger partial charge in [0, 0.05) is 58.2 Å². The number of aliphatic hydroxyl groups excluding tert-OH is 2. The van der Waals surface area contributed by atoms with Crippen LogP contribution in [-0.4, -0.2) is 108 Å². The molecule has 0 aromatic carbocycles. The molecule has 2 aliphatic carbocycles. The van der Waals surface area contributed by atoms with Crippen LogP contribution in [0, 0.1) is 23.7 Å². The molecule has 6 rings (SSSR count). The summed E-state index contributed by atoms with van der Waals surface area (Å²) in [7, 11) is 3.20. The number of methoxy groups -OCH3 is 2. The molecule has 6 aliphatic rings. The second kappa shape index (κ2) is 17.9. The molecule has 1 saturated carbocycles. The minimum atomic E-state index is -1.56. The summed E-state index contributed by atoms with van der Waals surface area (Å²) in [6.07, 6.45) is 12.7. The lowest BCUT2D eigenvalue weighted by Gasteiger charge is -2.53. The Morgan fingerprint density at radius 1 is 0.891 bits per heavy atom. The number of ether oxygens (including phenoxy) is 7. The van der Waals surface area contributed by atoms with E-state index in [1.807, 2.05) is 45.9 Å². The number of carbonyl (C=O) groups excluding carboxylic acids is 1. The average Bonchev–Trinajstić information content (AvgIpc) is 3.16. The third-order valence-corrected chi connectivity index (χ3v) is 13.7. The predicted molar refractivity (Wildman–Crippen MR) is 207 cm³/mol. The number of carbonyl (C=O) groups is 1. The van der Waals surface area contributed by atoms with Crippen LogP contribution in [0.3, 0.4) is 0 Å². The van der Waals surface area contributed by atoms with Crippen molar-refractivity contribution in [2.45, 2.75) is 185 Å². The van der Waals surface area contributed by atoms with Gasteiger partial charge in [0.25, 0.3) is 0 Å². The second-order valence-electron chi connectivity index (χ2n) is 17.6. The Labute approximate surface area is 328 Å². The van der Waals surface area contributed by atoms with E-state index in [0.717, 1.165) is 36.8 Å². The molecule has 4 heterocycles. The van der Waals surface area contributed by atoms with Gasteiger partial charge in [-0.1, -0.05) is 63.5 Å². The number of allylic oxidation sites excluding steroid dienone is 2. The Hall–Kier alpha value is -1.93. The lowest BCUT2D eigenvalue weighted by molar-refractivity contribution is -0.355. The van der Waals surface area contributed by atoms with Crippen LogP contribution < -0.4 is 0 Å². The van der Waals surface area contributed by atoms with Crippen molar-refractivity contribution in [3.05, 3.63) is 47.1 Å². The monoisotopic (exact) mass is 772 g/mol. The van der Waals surface area contributed by atoms with E-state index in [-0.39, 0.29) is 43.0 Å². The molecule has 55 heavy (non-hydrogen) atoms. The molecule has 3 saturated heterocycles. The summed E-state index contributed by atoms with van der Waals surface area (Å²) in [6, 6.07) is 0. The van der Waals surface area contributed by atoms with E-state index in [2.05, 4.69) is 19.9 Å². The molecule has 0 amide bonds. The van der Waals surface area contributed by atoms with E-state index in [9.17, 15) is 20.1 Å². The molecule has 2 bridgehead atoms. The van der Waals surface area contributed by atoms with E-state index >= 15 is 0 Å². The van der Waals surface area contributed by atoms with Gasteiger partial charge in [-0.2, -0.15) is 0 Å².